The number of anilines is 1. The molecule has 0 aromatic heterocycles. The zero-order valence-electron chi connectivity index (χ0n) is 11.6. The molecule has 1 aromatic rings. The van der Waals surface area contributed by atoms with E-state index in [1.165, 1.54) is 6.92 Å². The highest BCUT2D eigenvalue weighted by atomic mass is 35.5. The van der Waals surface area contributed by atoms with Crippen LogP contribution in [0.4, 0.5) is 5.69 Å². The predicted octanol–water partition coefficient (Wildman–Crippen LogP) is 2.20. The minimum Gasteiger partial charge on any atom is -0.494 e. The summed E-state index contributed by atoms with van der Waals surface area (Å²) in [7, 11) is -3.42. The van der Waals surface area contributed by atoms with Crippen LogP contribution < -0.4 is 10.1 Å². The number of ether oxygens (including phenoxy) is 1. The van der Waals surface area contributed by atoms with Crippen LogP contribution in [0.25, 0.3) is 0 Å². The Morgan fingerprint density at radius 1 is 1.45 bits per heavy atom. The van der Waals surface area contributed by atoms with Crippen LogP contribution in [0.5, 0.6) is 5.75 Å². The van der Waals surface area contributed by atoms with Gasteiger partial charge in [-0.25, -0.2) is 8.42 Å². The van der Waals surface area contributed by atoms with E-state index in [2.05, 4.69) is 5.32 Å². The summed E-state index contributed by atoms with van der Waals surface area (Å²) in [6.45, 7) is 3.73. The molecule has 0 saturated carbocycles. The van der Waals surface area contributed by atoms with Crippen molar-refractivity contribution >= 4 is 33.0 Å². The normalized spacial score (nSPS) is 12.8. The molecule has 1 rings (SSSR count). The molecule has 1 N–H and O–H groups in total. The van der Waals surface area contributed by atoms with E-state index in [0.29, 0.717) is 18.0 Å². The summed E-state index contributed by atoms with van der Waals surface area (Å²) in [6.07, 6.45) is 1.03. The molecule has 20 heavy (non-hydrogen) atoms. The first kappa shape index (κ1) is 16.8. The van der Waals surface area contributed by atoms with Gasteiger partial charge in [0.2, 0.25) is 5.91 Å². The molecule has 0 radical (unpaired) electrons. The van der Waals surface area contributed by atoms with E-state index >= 15 is 0 Å². The summed E-state index contributed by atoms with van der Waals surface area (Å²) in [4.78, 5) is 11.8. The molecular formula is C13H18ClNO4S. The second-order valence-electron chi connectivity index (χ2n) is 4.35. The van der Waals surface area contributed by atoms with Gasteiger partial charge >= 0.3 is 0 Å². The maximum atomic E-state index is 11.8. The van der Waals surface area contributed by atoms with E-state index in [1.807, 2.05) is 6.92 Å². The van der Waals surface area contributed by atoms with Crippen LogP contribution in [-0.2, 0) is 20.5 Å². The Morgan fingerprint density at radius 3 is 2.60 bits per heavy atom. The summed E-state index contributed by atoms with van der Waals surface area (Å²) in [5.41, 5.74) is 1.22. The highest BCUT2D eigenvalue weighted by molar-refractivity contribution is 7.92. The van der Waals surface area contributed by atoms with Gasteiger partial charge in [-0.1, -0.05) is 0 Å². The van der Waals surface area contributed by atoms with Gasteiger partial charge in [0.25, 0.3) is 0 Å². The Labute approximate surface area is 124 Å². The fraction of sp³-hybridized carbons (Fsp3) is 0.462. The predicted molar refractivity (Wildman–Crippen MR) is 80.1 cm³/mol. The number of nitrogens with one attached hydrogen (secondary N) is 1. The maximum Gasteiger partial charge on any atom is 0.242 e. The molecule has 1 atom stereocenters. The Bertz CT molecular complexity index is 586. The molecule has 0 aliphatic heterocycles. The Morgan fingerprint density at radius 2 is 2.10 bits per heavy atom. The largest absolute Gasteiger partial charge is 0.494 e. The fourth-order valence-electron chi connectivity index (χ4n) is 1.50. The molecule has 1 aromatic carbocycles. The number of amides is 1. The molecule has 1 amide bonds. The number of halogens is 1. The van der Waals surface area contributed by atoms with Crippen LogP contribution in [0.2, 0.25) is 0 Å². The molecule has 1 unspecified atom stereocenters. The zero-order chi connectivity index (χ0) is 15.3. The topological polar surface area (TPSA) is 72.5 Å². The maximum absolute atomic E-state index is 11.8. The third-order valence-corrected chi connectivity index (χ3v) is 4.57. The smallest absolute Gasteiger partial charge is 0.242 e. The number of sulfone groups is 1. The molecule has 0 aliphatic carbocycles. The standard InChI is InChI=1S/C13H18ClNO4S/c1-4-19-12-6-5-11(7-10(12)8-14)15-13(16)9(2)20(3,17)18/h5-7,9H,4,8H2,1-3H3,(H,15,16). The van der Waals surface area contributed by atoms with Gasteiger partial charge in [-0.15, -0.1) is 11.6 Å². The summed E-state index contributed by atoms with van der Waals surface area (Å²) >= 11 is 5.82. The van der Waals surface area contributed by atoms with Gasteiger partial charge in [-0.3, -0.25) is 4.79 Å². The van der Waals surface area contributed by atoms with E-state index in [0.717, 1.165) is 11.8 Å². The second kappa shape index (κ2) is 6.95. The molecule has 0 spiro atoms. The lowest BCUT2D eigenvalue weighted by Gasteiger charge is -2.13. The quantitative estimate of drug-likeness (QED) is 0.816. The monoisotopic (exact) mass is 319 g/mol. The van der Waals surface area contributed by atoms with Crippen molar-refractivity contribution in [2.24, 2.45) is 0 Å². The van der Waals surface area contributed by atoms with Crippen LogP contribution in [0, 0.1) is 0 Å². The van der Waals surface area contributed by atoms with Gasteiger partial charge in [-0.2, -0.15) is 0 Å². The molecule has 0 saturated heterocycles. The van der Waals surface area contributed by atoms with Gasteiger partial charge in [0.05, 0.1) is 12.5 Å². The van der Waals surface area contributed by atoms with Crippen LogP contribution in [0.3, 0.4) is 0 Å². The molecule has 5 nitrogen and oxygen atoms in total. The Hall–Kier alpha value is -1.27. The highest BCUT2D eigenvalue weighted by Gasteiger charge is 2.23. The molecule has 0 bridgehead atoms. The average molecular weight is 320 g/mol. The highest BCUT2D eigenvalue weighted by Crippen LogP contribution is 2.24. The lowest BCUT2D eigenvalue weighted by atomic mass is 10.2. The second-order valence-corrected chi connectivity index (χ2v) is 6.98. The molecule has 0 aliphatic rings. The summed E-state index contributed by atoms with van der Waals surface area (Å²) < 4.78 is 28.0. The van der Waals surface area contributed by atoms with Gasteiger partial charge < -0.3 is 10.1 Å². The third-order valence-electron chi connectivity index (χ3n) is 2.78. The Kier molecular flexibility index (Phi) is 5.83. The number of hydrogen-bond donors (Lipinski definition) is 1. The lowest BCUT2D eigenvalue weighted by molar-refractivity contribution is -0.115. The van der Waals surface area contributed by atoms with Crippen LogP contribution in [0.15, 0.2) is 18.2 Å². The number of benzene rings is 1. The van der Waals surface area contributed by atoms with Crippen molar-refractivity contribution in [1.82, 2.24) is 0 Å². The first-order valence-corrected chi connectivity index (χ1v) is 8.60. The molecular weight excluding hydrogens is 302 g/mol. The van der Waals surface area contributed by atoms with Crippen LogP contribution in [0.1, 0.15) is 19.4 Å². The first-order valence-electron chi connectivity index (χ1n) is 6.11. The molecule has 7 heteroatoms. The van der Waals surface area contributed by atoms with E-state index in [4.69, 9.17) is 16.3 Å². The number of carbonyl (C=O) groups excluding carboxylic acids is 1. The van der Waals surface area contributed by atoms with Crippen molar-refractivity contribution in [2.75, 3.05) is 18.2 Å². The first-order chi connectivity index (χ1) is 9.29. The van der Waals surface area contributed by atoms with Gasteiger partial charge in [-0.05, 0) is 32.0 Å². The van der Waals surface area contributed by atoms with E-state index in [9.17, 15) is 13.2 Å². The van der Waals surface area contributed by atoms with Crippen molar-refractivity contribution in [3.05, 3.63) is 23.8 Å². The zero-order valence-corrected chi connectivity index (χ0v) is 13.2. The van der Waals surface area contributed by atoms with Crippen molar-refractivity contribution < 1.29 is 17.9 Å². The van der Waals surface area contributed by atoms with E-state index in [1.54, 1.807) is 18.2 Å². The third kappa shape index (κ3) is 4.38. The summed E-state index contributed by atoms with van der Waals surface area (Å²) in [6, 6.07) is 5.01. The van der Waals surface area contributed by atoms with Crippen molar-refractivity contribution in [3.8, 4) is 5.75 Å². The van der Waals surface area contributed by atoms with Gasteiger partial charge in [0.1, 0.15) is 11.0 Å². The summed E-state index contributed by atoms with van der Waals surface area (Å²) in [5, 5.41) is 1.46. The number of carbonyl (C=O) groups is 1. The van der Waals surface area contributed by atoms with Gasteiger partial charge in [0, 0.05) is 17.5 Å². The average Bonchev–Trinajstić information content (AvgIpc) is 2.38. The SMILES string of the molecule is CCOc1ccc(NC(=O)C(C)S(C)(=O)=O)cc1CCl. The summed E-state index contributed by atoms with van der Waals surface area (Å²) in [5.74, 6) is 0.314. The molecule has 0 heterocycles. The molecule has 112 valence electrons. The number of alkyl halides is 1. The minimum atomic E-state index is -3.42. The Balaban J connectivity index is 2.91. The van der Waals surface area contributed by atoms with Crippen molar-refractivity contribution in [1.29, 1.82) is 0 Å². The lowest BCUT2D eigenvalue weighted by Crippen LogP contribution is -2.31. The van der Waals surface area contributed by atoms with Crippen molar-refractivity contribution in [3.63, 3.8) is 0 Å². The molecule has 0 fully saturated rings. The number of rotatable bonds is 6. The number of hydrogen-bond acceptors (Lipinski definition) is 4. The van der Waals surface area contributed by atoms with Crippen molar-refractivity contribution in [2.45, 2.75) is 25.0 Å². The van der Waals surface area contributed by atoms with Crippen LogP contribution in [-0.4, -0.2) is 32.4 Å². The minimum absolute atomic E-state index is 0.237. The fourth-order valence-corrected chi connectivity index (χ4v) is 2.15. The van der Waals surface area contributed by atoms with Crippen LogP contribution >= 0.6 is 11.6 Å². The van der Waals surface area contributed by atoms with E-state index in [-0.39, 0.29) is 5.88 Å². The van der Waals surface area contributed by atoms with E-state index < -0.39 is 21.0 Å². The van der Waals surface area contributed by atoms with Gasteiger partial charge in [0.15, 0.2) is 9.84 Å².